The van der Waals surface area contributed by atoms with Gasteiger partial charge < -0.3 is 0 Å². The van der Waals surface area contributed by atoms with Gasteiger partial charge in [0.25, 0.3) is 0 Å². The lowest BCUT2D eigenvalue weighted by Gasteiger charge is -2.39. The summed E-state index contributed by atoms with van der Waals surface area (Å²) >= 11 is 3.59. The van der Waals surface area contributed by atoms with Gasteiger partial charge in [0, 0.05) is 21.9 Å². The van der Waals surface area contributed by atoms with Crippen LogP contribution >= 0.6 is 15.9 Å². The molecule has 0 N–H and O–H groups in total. The predicted octanol–water partition coefficient (Wildman–Crippen LogP) is 3.70. The Morgan fingerprint density at radius 1 is 1.10 bits per heavy atom. The Morgan fingerprint density at radius 3 is 2.62 bits per heavy atom. The summed E-state index contributed by atoms with van der Waals surface area (Å²) in [4.78, 5) is 24.6. The molecule has 1 aromatic rings. The minimum Gasteiger partial charge on any atom is -0.294 e. The van der Waals surface area contributed by atoms with Crippen LogP contribution in [0.3, 0.4) is 0 Å². The molecule has 3 heteroatoms. The Balaban J connectivity index is 1.98. The number of benzene rings is 1. The number of carbonyl (C=O) groups excluding carboxylic acids is 2. The van der Waals surface area contributed by atoms with E-state index < -0.39 is 5.41 Å². The molecule has 1 aromatic carbocycles. The predicted molar refractivity (Wildman–Crippen MR) is 84.0 cm³/mol. The average molecular weight is 341 g/mol. The van der Waals surface area contributed by atoms with E-state index in [1.165, 1.54) is 5.56 Å². The van der Waals surface area contributed by atoms with Crippen molar-refractivity contribution < 1.29 is 9.59 Å². The summed E-state index contributed by atoms with van der Waals surface area (Å²) in [5, 5.41) is 0. The lowest BCUT2D eigenvalue weighted by Crippen LogP contribution is -2.31. The van der Waals surface area contributed by atoms with Crippen molar-refractivity contribution in [3.05, 3.63) is 70.3 Å². The number of hydrogen-bond acceptors (Lipinski definition) is 2. The summed E-state index contributed by atoms with van der Waals surface area (Å²) < 4.78 is 0.865. The zero-order valence-electron chi connectivity index (χ0n) is 11.3. The zero-order chi connectivity index (χ0) is 14.6. The molecule has 5 rings (SSSR count). The van der Waals surface area contributed by atoms with Crippen molar-refractivity contribution in [1.82, 2.24) is 0 Å². The Hall–Kier alpha value is -1.74. The van der Waals surface area contributed by atoms with Crippen LogP contribution in [-0.4, -0.2) is 11.6 Å². The van der Waals surface area contributed by atoms with E-state index >= 15 is 0 Å². The molecule has 0 radical (unpaired) electrons. The first-order valence-corrected chi connectivity index (χ1v) is 7.84. The highest BCUT2D eigenvalue weighted by molar-refractivity contribution is 9.11. The summed E-state index contributed by atoms with van der Waals surface area (Å²) in [6.07, 6.45) is 7.96. The topological polar surface area (TPSA) is 34.1 Å². The van der Waals surface area contributed by atoms with Gasteiger partial charge in [0.1, 0.15) is 0 Å². The molecule has 0 amide bonds. The van der Waals surface area contributed by atoms with Crippen molar-refractivity contribution >= 4 is 27.5 Å². The summed E-state index contributed by atoms with van der Waals surface area (Å²) in [7, 11) is 0. The smallest absolute Gasteiger partial charge is 0.184 e. The molecule has 4 aliphatic rings. The normalized spacial score (nSPS) is 33.6. The number of allylic oxidation sites excluding steroid dienone is 6. The summed E-state index contributed by atoms with van der Waals surface area (Å²) in [5.74, 6) is -0.00984. The highest BCUT2D eigenvalue weighted by atomic mass is 79.9. The van der Waals surface area contributed by atoms with Crippen LogP contribution in [0.15, 0.2) is 64.7 Å². The van der Waals surface area contributed by atoms with E-state index in [0.29, 0.717) is 5.57 Å². The number of ketones is 2. The Bertz CT molecular complexity index is 742. The number of hydrogen-bond donors (Lipinski definition) is 0. The van der Waals surface area contributed by atoms with Crippen LogP contribution in [0.1, 0.15) is 17.9 Å². The van der Waals surface area contributed by atoms with Crippen molar-refractivity contribution in [3.8, 4) is 0 Å². The van der Waals surface area contributed by atoms with Crippen LogP contribution in [0.4, 0.5) is 0 Å². The van der Waals surface area contributed by atoms with Gasteiger partial charge in [0.15, 0.2) is 11.6 Å². The highest BCUT2D eigenvalue weighted by Gasteiger charge is 2.53. The quantitative estimate of drug-likeness (QED) is 0.730. The summed E-state index contributed by atoms with van der Waals surface area (Å²) in [6, 6.07) is 10.2. The molecule has 0 saturated carbocycles. The average Bonchev–Trinajstić information content (AvgIpc) is 2.65. The van der Waals surface area contributed by atoms with Gasteiger partial charge in [-0.1, -0.05) is 58.4 Å². The van der Waals surface area contributed by atoms with E-state index in [2.05, 4.69) is 34.1 Å². The third-order valence-electron chi connectivity index (χ3n) is 4.85. The molecule has 0 fully saturated rings. The second-order valence-corrected chi connectivity index (χ2v) is 6.70. The molecule has 2 bridgehead atoms. The number of carbonyl (C=O) groups is 2. The maximum atomic E-state index is 12.3. The van der Waals surface area contributed by atoms with E-state index in [0.717, 1.165) is 10.9 Å². The maximum Gasteiger partial charge on any atom is 0.184 e. The Kier molecular flexibility index (Phi) is 2.70. The van der Waals surface area contributed by atoms with Gasteiger partial charge in [-0.05, 0) is 24.1 Å². The van der Waals surface area contributed by atoms with Crippen LogP contribution in [0.2, 0.25) is 0 Å². The molecule has 104 valence electrons. The molecule has 0 saturated heterocycles. The van der Waals surface area contributed by atoms with Gasteiger partial charge in [-0.25, -0.2) is 0 Å². The van der Waals surface area contributed by atoms with E-state index in [1.54, 1.807) is 12.2 Å². The van der Waals surface area contributed by atoms with Crippen molar-refractivity contribution in [2.24, 2.45) is 11.3 Å². The van der Waals surface area contributed by atoms with Crippen molar-refractivity contribution in [3.63, 3.8) is 0 Å². The first-order valence-electron chi connectivity index (χ1n) is 7.05. The summed E-state index contributed by atoms with van der Waals surface area (Å²) in [6.45, 7) is 0. The third-order valence-corrected chi connectivity index (χ3v) is 5.73. The molecule has 0 aliphatic heterocycles. The molecule has 4 aliphatic carbocycles. The first-order chi connectivity index (χ1) is 10.1. The van der Waals surface area contributed by atoms with Gasteiger partial charge in [-0.3, -0.25) is 9.59 Å². The van der Waals surface area contributed by atoms with Crippen LogP contribution in [0, 0.1) is 11.3 Å². The van der Waals surface area contributed by atoms with Gasteiger partial charge in [0.05, 0.1) is 5.41 Å². The number of rotatable bonds is 1. The van der Waals surface area contributed by atoms with E-state index in [-0.39, 0.29) is 23.4 Å². The molecule has 21 heavy (non-hydrogen) atoms. The first kappa shape index (κ1) is 13.0. The minimum absolute atomic E-state index is 0.0468. The van der Waals surface area contributed by atoms with Crippen LogP contribution < -0.4 is 0 Å². The van der Waals surface area contributed by atoms with Crippen molar-refractivity contribution in [2.45, 2.75) is 12.3 Å². The van der Waals surface area contributed by atoms with Gasteiger partial charge in [-0.15, -0.1) is 0 Å². The van der Waals surface area contributed by atoms with Crippen LogP contribution in [0.25, 0.3) is 0 Å². The van der Waals surface area contributed by atoms with Crippen molar-refractivity contribution in [2.75, 3.05) is 0 Å². The molecule has 0 aromatic heterocycles. The molecular formula is C18H13BrO2. The third kappa shape index (κ3) is 1.64. The standard InChI is InChI=1S/C18H13BrO2/c19-17-10-16(21)14-9-15(20)12-6-7-18(14,17)13(8-12)11-4-2-1-3-5-11/h1-7,9-10,12-13H,8H2/t12-,13-,18-/m0/s1. The molecular weight excluding hydrogens is 328 g/mol. The fourth-order valence-electron chi connectivity index (χ4n) is 3.81. The van der Waals surface area contributed by atoms with Gasteiger partial charge >= 0.3 is 0 Å². The second kappa shape index (κ2) is 4.38. The summed E-state index contributed by atoms with van der Waals surface area (Å²) in [5.41, 5.74) is 1.29. The fraction of sp³-hybridized carbons (Fsp3) is 0.222. The van der Waals surface area contributed by atoms with Crippen LogP contribution in [0.5, 0.6) is 0 Å². The molecule has 3 atom stereocenters. The number of fused-ring (bicyclic) bond motifs is 2. The minimum atomic E-state index is -0.499. The SMILES string of the molecule is O=C1C=C(Br)[C@@]23C=C[C@@H](C[C@H]2c2ccccc2)C(=O)C=C13. The molecule has 1 spiro atoms. The fourth-order valence-corrected chi connectivity index (χ4v) is 4.64. The number of halogens is 1. The second-order valence-electron chi connectivity index (χ2n) is 5.85. The Morgan fingerprint density at radius 2 is 1.86 bits per heavy atom. The molecule has 0 unspecified atom stereocenters. The molecule has 2 nitrogen and oxygen atoms in total. The highest BCUT2D eigenvalue weighted by Crippen LogP contribution is 2.60. The van der Waals surface area contributed by atoms with Gasteiger partial charge in [0.2, 0.25) is 0 Å². The Labute approximate surface area is 131 Å². The largest absolute Gasteiger partial charge is 0.294 e. The zero-order valence-corrected chi connectivity index (χ0v) is 12.8. The van der Waals surface area contributed by atoms with E-state index in [4.69, 9.17) is 0 Å². The van der Waals surface area contributed by atoms with Crippen LogP contribution in [-0.2, 0) is 9.59 Å². The van der Waals surface area contributed by atoms with Crippen molar-refractivity contribution in [1.29, 1.82) is 0 Å². The molecule has 0 heterocycles. The maximum absolute atomic E-state index is 12.3. The lowest BCUT2D eigenvalue weighted by molar-refractivity contribution is -0.117. The lowest BCUT2D eigenvalue weighted by atomic mass is 9.64. The van der Waals surface area contributed by atoms with Gasteiger partial charge in [-0.2, -0.15) is 0 Å². The van der Waals surface area contributed by atoms with E-state index in [1.807, 2.05) is 24.3 Å². The van der Waals surface area contributed by atoms with E-state index in [9.17, 15) is 9.59 Å². The monoisotopic (exact) mass is 340 g/mol.